The Balaban J connectivity index is 0.00000380. The van der Waals surface area contributed by atoms with Gasteiger partial charge < -0.3 is 14.0 Å². The monoisotopic (exact) mass is 530 g/mol. The third-order valence-corrected chi connectivity index (χ3v) is 6.08. The molecule has 2 N–H and O–H groups in total. The van der Waals surface area contributed by atoms with Crippen molar-refractivity contribution in [2.45, 2.75) is 4.90 Å². The van der Waals surface area contributed by atoms with E-state index >= 15 is 0 Å². The van der Waals surface area contributed by atoms with Crippen molar-refractivity contribution >= 4 is 32.3 Å². The normalized spacial score (nSPS) is 12.2. The predicted molar refractivity (Wildman–Crippen MR) is 131 cm³/mol. The predicted octanol–water partition coefficient (Wildman–Crippen LogP) is -1.78. The molecule has 4 aromatic carbocycles. The van der Waals surface area contributed by atoms with Gasteiger partial charge in [-0.05, 0) is 54.6 Å². The van der Waals surface area contributed by atoms with Crippen molar-refractivity contribution in [3.8, 4) is 11.5 Å². The second-order valence-electron chi connectivity index (χ2n) is 7.39. The third-order valence-electron chi connectivity index (χ3n) is 5.20. The maximum atomic E-state index is 13.0. The molecule has 184 valence electrons. The van der Waals surface area contributed by atoms with Crippen LogP contribution in [-0.4, -0.2) is 27.2 Å². The van der Waals surface area contributed by atoms with Crippen LogP contribution in [0.25, 0.3) is 10.8 Å². The van der Waals surface area contributed by atoms with Gasteiger partial charge in [0, 0.05) is 10.8 Å². The van der Waals surface area contributed by atoms with Crippen LogP contribution in [0.5, 0.6) is 11.5 Å². The van der Waals surface area contributed by atoms with E-state index in [1.165, 1.54) is 26.4 Å². The first-order valence-electron chi connectivity index (χ1n) is 10.4. The Morgan fingerprint density at radius 3 is 1.65 bits per heavy atom. The minimum Gasteiger partial charge on any atom is -0.744 e. The van der Waals surface area contributed by atoms with Crippen LogP contribution in [-0.2, 0) is 10.1 Å². The second kappa shape index (κ2) is 11.7. The van der Waals surface area contributed by atoms with E-state index in [9.17, 15) is 22.6 Å². The summed E-state index contributed by atoms with van der Waals surface area (Å²) in [4.78, 5) is 25.3. The minimum absolute atomic E-state index is 0. The summed E-state index contributed by atoms with van der Waals surface area (Å²) in [6, 6.07) is 16.7. The Bertz CT molecular complexity index is 1770. The number of ether oxygens (including phenoxy) is 2. The molecule has 0 aliphatic rings. The van der Waals surface area contributed by atoms with Crippen molar-refractivity contribution in [1.29, 1.82) is 0 Å². The van der Waals surface area contributed by atoms with E-state index < -0.39 is 31.2 Å². The number of nitrogens with zero attached hydrogens (tertiary/aromatic N) is 2. The van der Waals surface area contributed by atoms with Gasteiger partial charge in [-0.15, -0.1) is 0 Å². The summed E-state index contributed by atoms with van der Waals surface area (Å²) >= 11 is 0. The smallest absolute Gasteiger partial charge is 0.744 e. The Labute approximate surface area is 232 Å². The number of hydrogen-bond donors (Lipinski definition) is 2. The molecule has 0 fully saturated rings. The Kier molecular flexibility index (Phi) is 8.84. The number of hydrogen-bond acceptors (Lipinski definition) is 11. The number of rotatable bonds is 7. The summed E-state index contributed by atoms with van der Waals surface area (Å²) in [5, 5.41) is 6.81. The van der Waals surface area contributed by atoms with Gasteiger partial charge in [0.05, 0.1) is 30.5 Å². The summed E-state index contributed by atoms with van der Waals surface area (Å²) in [6.07, 6.45) is 0. The maximum absolute atomic E-state index is 13.0. The second-order valence-corrected chi connectivity index (χ2v) is 8.74. The molecule has 4 rings (SSSR count). The number of anilines is 2. The maximum Gasteiger partial charge on any atom is 1.00 e. The van der Waals surface area contributed by atoms with Crippen molar-refractivity contribution in [3.05, 3.63) is 97.9 Å². The van der Waals surface area contributed by atoms with Crippen molar-refractivity contribution < 1.29 is 52.0 Å². The van der Waals surface area contributed by atoms with E-state index in [0.29, 0.717) is 22.9 Å². The summed E-state index contributed by atoms with van der Waals surface area (Å²) in [5.74, 6) is 1.17. The Hall–Kier alpha value is -3.55. The molecule has 0 aliphatic heterocycles. The first-order chi connectivity index (χ1) is 17.2. The van der Waals surface area contributed by atoms with Crippen LogP contribution < -0.4 is 71.5 Å². The molecule has 0 saturated carbocycles. The van der Waals surface area contributed by atoms with Crippen LogP contribution in [0, 0.1) is 0 Å². The summed E-state index contributed by atoms with van der Waals surface area (Å²) in [7, 11) is -2.03. The van der Waals surface area contributed by atoms with E-state index in [0.717, 1.165) is 6.07 Å². The number of benzene rings is 4. The Morgan fingerprint density at radius 1 is 0.730 bits per heavy atom. The van der Waals surface area contributed by atoms with E-state index in [1.807, 2.05) is 0 Å². The quantitative estimate of drug-likeness (QED) is 0.122. The molecule has 0 radical (unpaired) electrons. The first-order valence-corrected chi connectivity index (χ1v) is 11.8. The molecule has 0 aromatic heterocycles. The molecule has 4 aromatic rings. The fourth-order valence-corrected chi connectivity index (χ4v) is 4.12. The van der Waals surface area contributed by atoms with Crippen LogP contribution in [0.4, 0.5) is 11.4 Å². The molecule has 0 spiro atoms. The molecular formula is C24H19N4NaO7S. The van der Waals surface area contributed by atoms with Gasteiger partial charge in [-0.25, -0.2) is 8.42 Å². The molecule has 0 saturated heterocycles. The van der Waals surface area contributed by atoms with Crippen molar-refractivity contribution in [2.75, 3.05) is 25.1 Å². The van der Waals surface area contributed by atoms with Crippen molar-refractivity contribution in [3.63, 3.8) is 0 Å². The molecule has 0 bridgehead atoms. The van der Waals surface area contributed by atoms with Gasteiger partial charge >= 0.3 is 29.6 Å². The van der Waals surface area contributed by atoms with Gasteiger partial charge in [-0.3, -0.25) is 20.4 Å². The van der Waals surface area contributed by atoms with Crippen LogP contribution in [0.1, 0.15) is 0 Å². The summed E-state index contributed by atoms with van der Waals surface area (Å²) < 4.78 is 46.2. The van der Waals surface area contributed by atoms with Crippen LogP contribution in [0.2, 0.25) is 0 Å². The molecule has 37 heavy (non-hydrogen) atoms. The Morgan fingerprint density at radius 2 is 1.19 bits per heavy atom. The molecule has 13 heteroatoms. The molecule has 0 atom stereocenters. The zero-order valence-electron chi connectivity index (χ0n) is 20.0. The molecular weight excluding hydrogens is 511 g/mol. The third kappa shape index (κ3) is 6.06. The van der Waals surface area contributed by atoms with Gasteiger partial charge in [0.25, 0.3) is 10.9 Å². The molecule has 0 heterocycles. The SMILES string of the molecule is COc1ccc(NN=c2c(=O)c(=O)c(=NNc3ccc(OC)cc3)c3c(S(=O)(=O)[O-])cccc23)cc1.[Na+]. The standard InChI is InChI=1S/C24H20N4O7S.Na/c1-34-16-10-6-14(7-11-16)25-27-21-18-4-3-5-19(36(31,32)33)20(18)22(24(30)23(21)29)28-26-15-8-12-17(35-2)13-9-15;/h3-13,25-26H,1-2H3,(H,31,32,33);/q;+1/p-1. The van der Waals surface area contributed by atoms with E-state index in [2.05, 4.69) is 21.1 Å². The topological polar surface area (TPSA) is 159 Å². The van der Waals surface area contributed by atoms with E-state index in [1.54, 1.807) is 48.5 Å². The van der Waals surface area contributed by atoms with Crippen LogP contribution in [0.3, 0.4) is 0 Å². The molecule has 0 amide bonds. The zero-order valence-corrected chi connectivity index (χ0v) is 22.8. The van der Waals surface area contributed by atoms with Gasteiger partial charge in [0.2, 0.25) is 0 Å². The molecule has 11 nitrogen and oxygen atoms in total. The number of fused-ring (bicyclic) bond motifs is 1. The van der Waals surface area contributed by atoms with Gasteiger partial charge in [-0.1, -0.05) is 12.1 Å². The van der Waals surface area contributed by atoms with E-state index in [4.69, 9.17) is 9.47 Å². The van der Waals surface area contributed by atoms with Crippen molar-refractivity contribution in [2.24, 2.45) is 10.2 Å². The van der Waals surface area contributed by atoms with E-state index in [-0.39, 0.29) is 45.7 Å². The molecule has 0 unspecified atom stereocenters. The van der Waals surface area contributed by atoms with Gasteiger partial charge in [0.1, 0.15) is 32.3 Å². The first kappa shape index (κ1) is 28.0. The molecule has 0 aliphatic carbocycles. The fourth-order valence-electron chi connectivity index (χ4n) is 3.42. The minimum atomic E-state index is -5.04. The van der Waals surface area contributed by atoms with Gasteiger partial charge in [0.15, 0.2) is 0 Å². The van der Waals surface area contributed by atoms with Crippen LogP contribution in [0.15, 0.2) is 91.4 Å². The summed E-state index contributed by atoms with van der Waals surface area (Å²) in [5.41, 5.74) is 4.02. The number of nitrogens with one attached hydrogen (secondary N) is 2. The average Bonchev–Trinajstić information content (AvgIpc) is 2.88. The largest absolute Gasteiger partial charge is 1.00 e. The van der Waals surface area contributed by atoms with Gasteiger partial charge in [-0.2, -0.15) is 10.2 Å². The summed E-state index contributed by atoms with van der Waals surface area (Å²) in [6.45, 7) is 0. The average molecular weight is 530 g/mol. The van der Waals surface area contributed by atoms with Crippen LogP contribution >= 0.6 is 0 Å². The fraction of sp³-hybridized carbons (Fsp3) is 0.0833. The number of methoxy groups -OCH3 is 2. The van der Waals surface area contributed by atoms with Crippen molar-refractivity contribution in [1.82, 2.24) is 0 Å². The zero-order chi connectivity index (χ0) is 25.9.